The smallest absolute Gasteiger partial charge is 0.315 e. The summed E-state index contributed by atoms with van der Waals surface area (Å²) in [5, 5.41) is 8.84. The summed E-state index contributed by atoms with van der Waals surface area (Å²) in [4.78, 5) is 24.4. The van der Waals surface area contributed by atoms with E-state index in [1.54, 1.807) is 4.90 Å². The van der Waals surface area contributed by atoms with Crippen LogP contribution in [-0.4, -0.2) is 34.5 Å². The lowest BCUT2D eigenvalue weighted by molar-refractivity contribution is -0.151. The normalized spacial score (nSPS) is 18.0. The van der Waals surface area contributed by atoms with Crippen molar-refractivity contribution in [3.05, 3.63) is 0 Å². The van der Waals surface area contributed by atoms with Crippen LogP contribution in [0.3, 0.4) is 0 Å². The topological polar surface area (TPSA) is 57.6 Å². The number of nitrogens with zero attached hydrogens (tertiary/aromatic N) is 1. The third-order valence-corrected chi connectivity index (χ3v) is 3.33. The van der Waals surface area contributed by atoms with Crippen molar-refractivity contribution in [3.63, 3.8) is 0 Å². The third kappa shape index (κ3) is 2.97. The van der Waals surface area contributed by atoms with Crippen molar-refractivity contribution < 1.29 is 14.7 Å². The lowest BCUT2D eigenvalue weighted by atomic mass is 9.84. The summed E-state index contributed by atoms with van der Waals surface area (Å²) >= 11 is 0. The summed E-state index contributed by atoms with van der Waals surface area (Å²) in [5.41, 5.74) is 0. The summed E-state index contributed by atoms with van der Waals surface area (Å²) in [5.74, 6) is -1.64. The molecule has 1 saturated carbocycles. The highest BCUT2D eigenvalue weighted by Gasteiger charge is 2.30. The number of carboxylic acids is 1. The van der Waals surface area contributed by atoms with E-state index < -0.39 is 11.9 Å². The first-order chi connectivity index (χ1) is 7.43. The third-order valence-electron chi connectivity index (χ3n) is 3.33. The van der Waals surface area contributed by atoms with E-state index in [1.807, 2.05) is 13.8 Å². The molecule has 16 heavy (non-hydrogen) atoms. The fraction of sp³-hybridized carbons (Fsp3) is 0.833. The molecule has 0 aromatic rings. The first-order valence-corrected chi connectivity index (χ1v) is 5.96. The number of amides is 1. The van der Waals surface area contributed by atoms with Gasteiger partial charge in [0.1, 0.15) is 5.92 Å². The van der Waals surface area contributed by atoms with Crippen LogP contribution in [0.15, 0.2) is 0 Å². The monoisotopic (exact) mass is 227 g/mol. The van der Waals surface area contributed by atoms with E-state index in [-0.39, 0.29) is 11.9 Å². The van der Waals surface area contributed by atoms with Gasteiger partial charge in [-0.25, -0.2) is 0 Å². The largest absolute Gasteiger partial charge is 0.481 e. The summed E-state index contributed by atoms with van der Waals surface area (Å²) < 4.78 is 0. The van der Waals surface area contributed by atoms with Crippen LogP contribution in [0.1, 0.15) is 40.0 Å². The van der Waals surface area contributed by atoms with Crippen molar-refractivity contribution in [1.29, 1.82) is 0 Å². The Morgan fingerprint density at radius 2 is 1.88 bits per heavy atom. The summed E-state index contributed by atoms with van der Waals surface area (Å²) in [6.45, 7) is 6.05. The minimum absolute atomic E-state index is 0.0786. The molecule has 1 aliphatic rings. The average molecular weight is 227 g/mol. The lowest BCUT2D eigenvalue weighted by Crippen LogP contribution is -2.45. The number of hydrogen-bond acceptors (Lipinski definition) is 2. The molecule has 1 amide bonds. The van der Waals surface area contributed by atoms with Crippen LogP contribution in [0.25, 0.3) is 0 Å². The van der Waals surface area contributed by atoms with Gasteiger partial charge in [-0.2, -0.15) is 0 Å². The Hall–Kier alpha value is -1.06. The molecule has 1 atom stereocenters. The van der Waals surface area contributed by atoms with Gasteiger partial charge in [0.15, 0.2) is 0 Å². The van der Waals surface area contributed by atoms with Crippen LogP contribution >= 0.6 is 0 Å². The number of hydrogen-bond donors (Lipinski definition) is 1. The highest BCUT2D eigenvalue weighted by atomic mass is 16.4. The first-order valence-electron chi connectivity index (χ1n) is 5.96. The first kappa shape index (κ1) is 13.0. The molecule has 92 valence electrons. The molecule has 1 unspecified atom stereocenters. The molecule has 0 bridgehead atoms. The molecular weight excluding hydrogens is 206 g/mol. The van der Waals surface area contributed by atoms with Gasteiger partial charge in [-0.05, 0) is 39.5 Å². The minimum Gasteiger partial charge on any atom is -0.481 e. The molecule has 0 aliphatic heterocycles. The molecule has 0 spiro atoms. The van der Waals surface area contributed by atoms with E-state index in [2.05, 4.69) is 0 Å². The van der Waals surface area contributed by atoms with E-state index in [4.69, 9.17) is 5.11 Å². The second-order valence-corrected chi connectivity index (χ2v) is 4.94. The average Bonchev–Trinajstić information content (AvgIpc) is 2.13. The van der Waals surface area contributed by atoms with Crippen molar-refractivity contribution in [2.45, 2.75) is 46.1 Å². The molecule has 4 nitrogen and oxygen atoms in total. The Morgan fingerprint density at radius 3 is 2.19 bits per heavy atom. The molecule has 1 aliphatic carbocycles. The molecule has 0 aromatic carbocycles. The molecule has 0 saturated heterocycles. The molecule has 1 fully saturated rings. The predicted molar refractivity (Wildman–Crippen MR) is 61.0 cm³/mol. The van der Waals surface area contributed by atoms with E-state index in [0.717, 1.165) is 12.8 Å². The quantitative estimate of drug-likeness (QED) is 0.728. The van der Waals surface area contributed by atoms with Gasteiger partial charge in [0.25, 0.3) is 0 Å². The van der Waals surface area contributed by atoms with Gasteiger partial charge in [-0.15, -0.1) is 0 Å². The Balaban J connectivity index is 2.60. The van der Waals surface area contributed by atoms with Crippen LogP contribution < -0.4 is 0 Å². The molecular formula is C12H21NO3. The molecule has 0 aromatic heterocycles. The molecule has 4 heteroatoms. The molecule has 0 radical (unpaired) electrons. The Labute approximate surface area is 96.6 Å². The fourth-order valence-corrected chi connectivity index (χ4v) is 1.86. The highest BCUT2D eigenvalue weighted by Crippen LogP contribution is 2.28. The number of aliphatic carboxylic acids is 1. The van der Waals surface area contributed by atoms with Gasteiger partial charge in [-0.3, -0.25) is 9.59 Å². The van der Waals surface area contributed by atoms with Gasteiger partial charge in [0.05, 0.1) is 0 Å². The zero-order chi connectivity index (χ0) is 12.3. The van der Waals surface area contributed by atoms with Crippen molar-refractivity contribution >= 4 is 11.9 Å². The SMILES string of the molecule is CC(C(=O)O)C(=O)N(CC1CCC1)C(C)C. The van der Waals surface area contributed by atoms with Crippen molar-refractivity contribution in [2.24, 2.45) is 11.8 Å². The summed E-state index contributed by atoms with van der Waals surface area (Å²) in [7, 11) is 0. The number of carbonyl (C=O) groups excluding carboxylic acids is 1. The van der Waals surface area contributed by atoms with E-state index >= 15 is 0 Å². The summed E-state index contributed by atoms with van der Waals surface area (Å²) in [6.07, 6.45) is 3.56. The number of carbonyl (C=O) groups is 2. The lowest BCUT2D eigenvalue weighted by Gasteiger charge is -2.35. The van der Waals surface area contributed by atoms with Crippen LogP contribution in [0.4, 0.5) is 0 Å². The standard InChI is InChI=1S/C12H21NO3/c1-8(2)13(7-10-5-4-6-10)11(14)9(3)12(15)16/h8-10H,4-7H2,1-3H3,(H,15,16). The minimum atomic E-state index is -1.04. The van der Waals surface area contributed by atoms with Gasteiger partial charge >= 0.3 is 5.97 Å². The maximum atomic E-state index is 11.9. The zero-order valence-electron chi connectivity index (χ0n) is 10.3. The van der Waals surface area contributed by atoms with E-state index in [9.17, 15) is 9.59 Å². The Kier molecular flexibility index (Phi) is 4.33. The van der Waals surface area contributed by atoms with Crippen LogP contribution in [-0.2, 0) is 9.59 Å². The van der Waals surface area contributed by atoms with Crippen LogP contribution in [0.5, 0.6) is 0 Å². The number of carboxylic acid groups (broad SMARTS) is 1. The van der Waals surface area contributed by atoms with Gasteiger partial charge in [-0.1, -0.05) is 6.42 Å². The van der Waals surface area contributed by atoms with Crippen molar-refractivity contribution in [1.82, 2.24) is 4.90 Å². The van der Waals surface area contributed by atoms with Gasteiger partial charge < -0.3 is 10.0 Å². The maximum Gasteiger partial charge on any atom is 0.315 e. The van der Waals surface area contributed by atoms with Gasteiger partial charge in [0, 0.05) is 12.6 Å². The number of rotatable bonds is 5. The molecule has 0 heterocycles. The highest BCUT2D eigenvalue weighted by molar-refractivity contribution is 5.96. The van der Waals surface area contributed by atoms with E-state index in [1.165, 1.54) is 13.3 Å². The second kappa shape index (κ2) is 5.32. The molecule has 1 rings (SSSR count). The fourth-order valence-electron chi connectivity index (χ4n) is 1.86. The van der Waals surface area contributed by atoms with Crippen LogP contribution in [0, 0.1) is 11.8 Å². The molecule has 1 N–H and O–H groups in total. The predicted octanol–water partition coefficient (Wildman–Crippen LogP) is 1.74. The van der Waals surface area contributed by atoms with Crippen molar-refractivity contribution in [3.8, 4) is 0 Å². The van der Waals surface area contributed by atoms with E-state index in [0.29, 0.717) is 12.5 Å². The second-order valence-electron chi connectivity index (χ2n) is 4.94. The van der Waals surface area contributed by atoms with Gasteiger partial charge in [0.2, 0.25) is 5.91 Å². The van der Waals surface area contributed by atoms with Crippen molar-refractivity contribution in [2.75, 3.05) is 6.54 Å². The Morgan fingerprint density at radius 1 is 1.31 bits per heavy atom. The zero-order valence-corrected chi connectivity index (χ0v) is 10.3. The summed E-state index contributed by atoms with van der Waals surface area (Å²) in [6, 6.07) is 0.0786. The van der Waals surface area contributed by atoms with Crippen LogP contribution in [0.2, 0.25) is 0 Å². The maximum absolute atomic E-state index is 11.9. The Bertz CT molecular complexity index is 271.